The molecular formula is C18H27F3N2O6Si. The van der Waals surface area contributed by atoms with Gasteiger partial charge >= 0.3 is 24.2 Å². The minimum absolute atomic E-state index is 0.00530. The highest BCUT2D eigenvalue weighted by atomic mass is 28.3. The first-order valence-electron chi connectivity index (χ1n) is 8.93. The van der Waals surface area contributed by atoms with E-state index in [1.807, 2.05) is 30.3 Å². The number of hydrogen-bond acceptors (Lipinski definition) is 5. The summed E-state index contributed by atoms with van der Waals surface area (Å²) in [6.07, 6.45) is -5.70. The number of alkyl carbamates (subject to hydrolysis) is 1. The number of amides is 1. The molecule has 30 heavy (non-hydrogen) atoms. The molecule has 0 heterocycles. The smallest absolute Gasteiger partial charge is 0.480 e. The zero-order valence-electron chi connectivity index (χ0n) is 17.0. The van der Waals surface area contributed by atoms with Gasteiger partial charge in [-0.2, -0.15) is 13.2 Å². The highest BCUT2D eigenvalue weighted by molar-refractivity contribution is 6.76. The third kappa shape index (κ3) is 14.4. The van der Waals surface area contributed by atoms with Gasteiger partial charge < -0.3 is 25.6 Å². The average molecular weight is 453 g/mol. The van der Waals surface area contributed by atoms with Gasteiger partial charge in [-0.05, 0) is 18.2 Å². The van der Waals surface area contributed by atoms with E-state index < -0.39 is 38.3 Å². The molecule has 8 nitrogen and oxygen atoms in total. The van der Waals surface area contributed by atoms with Crippen LogP contribution in [0.25, 0.3) is 0 Å². The molecule has 1 aromatic rings. The van der Waals surface area contributed by atoms with Crippen molar-refractivity contribution < 1.29 is 42.5 Å². The van der Waals surface area contributed by atoms with E-state index >= 15 is 0 Å². The summed E-state index contributed by atoms with van der Waals surface area (Å²) in [5.41, 5.74) is 0.880. The van der Waals surface area contributed by atoms with Crippen LogP contribution < -0.4 is 10.6 Å². The van der Waals surface area contributed by atoms with Gasteiger partial charge in [-0.3, -0.25) is 4.79 Å². The predicted octanol–water partition coefficient (Wildman–Crippen LogP) is 2.93. The monoisotopic (exact) mass is 452 g/mol. The molecule has 0 spiro atoms. The second kappa shape index (κ2) is 12.9. The zero-order chi connectivity index (χ0) is 23.4. The molecule has 1 amide bonds. The van der Waals surface area contributed by atoms with Crippen LogP contribution in [0, 0.1) is 0 Å². The lowest BCUT2D eigenvalue weighted by Crippen LogP contribution is -2.47. The Hall–Kier alpha value is -2.60. The van der Waals surface area contributed by atoms with Crippen LogP contribution in [-0.4, -0.2) is 61.6 Å². The number of benzene rings is 1. The van der Waals surface area contributed by atoms with E-state index in [2.05, 4.69) is 30.3 Å². The largest absolute Gasteiger partial charge is 0.490 e. The maximum absolute atomic E-state index is 11.6. The summed E-state index contributed by atoms with van der Waals surface area (Å²) < 4.78 is 36.8. The quantitative estimate of drug-likeness (QED) is 0.425. The molecule has 0 aliphatic rings. The number of alkyl halides is 3. The van der Waals surface area contributed by atoms with Crippen molar-refractivity contribution in [2.24, 2.45) is 0 Å². The van der Waals surface area contributed by atoms with Gasteiger partial charge in [0.2, 0.25) is 0 Å². The number of ether oxygens (including phenoxy) is 1. The van der Waals surface area contributed by atoms with Crippen molar-refractivity contribution in [3.05, 3.63) is 35.9 Å². The first-order valence-corrected chi connectivity index (χ1v) is 12.6. The second-order valence-electron chi connectivity index (χ2n) is 7.40. The third-order valence-corrected chi connectivity index (χ3v) is 5.22. The number of carboxylic acids is 2. The Bertz CT molecular complexity index is 681. The Morgan fingerprint density at radius 1 is 1.10 bits per heavy atom. The number of aliphatic carboxylic acids is 2. The number of hydrogen-bond donors (Lipinski definition) is 4. The summed E-state index contributed by atoms with van der Waals surface area (Å²) in [5, 5.41) is 21.8. The molecule has 0 fully saturated rings. The molecule has 0 radical (unpaired) electrons. The van der Waals surface area contributed by atoms with Gasteiger partial charge in [0.05, 0.1) is 0 Å². The summed E-state index contributed by atoms with van der Waals surface area (Å²) in [4.78, 5) is 31.7. The number of nitrogens with one attached hydrogen (secondary N) is 2. The van der Waals surface area contributed by atoms with Crippen LogP contribution >= 0.6 is 0 Å². The lowest BCUT2D eigenvalue weighted by atomic mass is 10.2. The maximum atomic E-state index is 11.6. The fraction of sp³-hybridized carbons (Fsp3) is 0.500. The fourth-order valence-corrected chi connectivity index (χ4v) is 2.72. The highest BCUT2D eigenvalue weighted by Gasteiger charge is 2.38. The SMILES string of the molecule is C[Si](C)(C)CCN[C@H](CNC(=O)OCc1ccccc1)C(=O)O.O=C(O)C(F)(F)F. The fourth-order valence-electron chi connectivity index (χ4n) is 1.83. The summed E-state index contributed by atoms with van der Waals surface area (Å²) >= 11 is 0. The lowest BCUT2D eigenvalue weighted by Gasteiger charge is -2.19. The Morgan fingerprint density at radius 3 is 2.07 bits per heavy atom. The molecule has 1 aromatic carbocycles. The Balaban J connectivity index is 0.00000103. The number of carbonyl (C=O) groups is 3. The molecule has 4 N–H and O–H groups in total. The minimum atomic E-state index is -5.08. The topological polar surface area (TPSA) is 125 Å². The van der Waals surface area contributed by atoms with Crippen LogP contribution in [0.2, 0.25) is 25.7 Å². The van der Waals surface area contributed by atoms with Crippen molar-refractivity contribution in [2.45, 2.75) is 44.5 Å². The van der Waals surface area contributed by atoms with E-state index in [0.717, 1.165) is 11.6 Å². The van der Waals surface area contributed by atoms with Crippen LogP contribution in [0.5, 0.6) is 0 Å². The van der Waals surface area contributed by atoms with E-state index in [4.69, 9.17) is 14.6 Å². The standard InChI is InChI=1S/C16H26N2O4Si.C2HF3O2/c1-23(2,3)10-9-17-14(15(19)20)11-18-16(21)22-12-13-7-5-4-6-8-13;3-2(4,5)1(6)7/h4-8,14,17H,9-12H2,1-3H3,(H,18,21)(H,19,20);(H,6,7)/t14-;/m1./s1. The summed E-state index contributed by atoms with van der Waals surface area (Å²) in [6.45, 7) is 7.46. The Morgan fingerprint density at radius 2 is 1.63 bits per heavy atom. The molecule has 0 saturated carbocycles. The van der Waals surface area contributed by atoms with Gasteiger partial charge in [0.25, 0.3) is 0 Å². The van der Waals surface area contributed by atoms with Crippen molar-refractivity contribution in [3.63, 3.8) is 0 Å². The Labute approximate surface area is 173 Å². The molecule has 0 aliphatic carbocycles. The molecule has 12 heteroatoms. The first kappa shape index (κ1) is 27.4. The van der Waals surface area contributed by atoms with E-state index in [-0.39, 0.29) is 13.2 Å². The molecule has 0 aliphatic heterocycles. The predicted molar refractivity (Wildman–Crippen MR) is 106 cm³/mol. The molecule has 170 valence electrons. The van der Waals surface area contributed by atoms with Crippen molar-refractivity contribution in [3.8, 4) is 0 Å². The van der Waals surface area contributed by atoms with Crippen LogP contribution in [0.1, 0.15) is 5.56 Å². The van der Waals surface area contributed by atoms with Crippen molar-refractivity contribution in [2.75, 3.05) is 13.1 Å². The highest BCUT2D eigenvalue weighted by Crippen LogP contribution is 2.13. The van der Waals surface area contributed by atoms with Crippen molar-refractivity contribution >= 4 is 26.1 Å². The molecule has 0 aromatic heterocycles. The van der Waals surface area contributed by atoms with Crippen LogP contribution in [-0.2, 0) is 20.9 Å². The average Bonchev–Trinajstić information content (AvgIpc) is 2.62. The Kier molecular flexibility index (Phi) is 11.7. The molecular weight excluding hydrogens is 425 g/mol. The molecule has 1 rings (SSSR count). The molecule has 1 atom stereocenters. The molecule has 0 unspecified atom stereocenters. The number of halogens is 3. The van der Waals surface area contributed by atoms with Crippen molar-refractivity contribution in [1.82, 2.24) is 10.6 Å². The molecule has 0 saturated heterocycles. The minimum Gasteiger partial charge on any atom is -0.480 e. The van der Waals surface area contributed by atoms with Gasteiger partial charge in [0.1, 0.15) is 12.6 Å². The zero-order valence-corrected chi connectivity index (χ0v) is 18.0. The summed E-state index contributed by atoms with van der Waals surface area (Å²) in [5.74, 6) is -3.74. The third-order valence-electron chi connectivity index (χ3n) is 3.47. The van der Waals surface area contributed by atoms with Crippen molar-refractivity contribution in [1.29, 1.82) is 0 Å². The van der Waals surface area contributed by atoms with Gasteiger partial charge in [-0.1, -0.05) is 50.0 Å². The normalized spacial score (nSPS) is 12.2. The van der Waals surface area contributed by atoms with Crippen LogP contribution in [0.15, 0.2) is 30.3 Å². The first-order chi connectivity index (χ1) is 13.7. The van der Waals surface area contributed by atoms with Crippen LogP contribution in [0.4, 0.5) is 18.0 Å². The van der Waals surface area contributed by atoms with Gasteiger partial charge in [0.15, 0.2) is 0 Å². The summed E-state index contributed by atoms with van der Waals surface area (Å²) in [6, 6.07) is 9.48. The van der Waals surface area contributed by atoms with E-state index in [1.165, 1.54) is 0 Å². The molecule has 0 bridgehead atoms. The van der Waals surface area contributed by atoms with Crippen LogP contribution in [0.3, 0.4) is 0 Å². The lowest BCUT2D eigenvalue weighted by molar-refractivity contribution is -0.192. The number of carbonyl (C=O) groups excluding carboxylic acids is 1. The van der Waals surface area contributed by atoms with E-state index in [1.54, 1.807) is 0 Å². The van der Waals surface area contributed by atoms with Gasteiger partial charge in [0, 0.05) is 14.6 Å². The second-order valence-corrected chi connectivity index (χ2v) is 13.0. The number of rotatable bonds is 9. The van der Waals surface area contributed by atoms with E-state index in [9.17, 15) is 27.9 Å². The summed E-state index contributed by atoms with van der Waals surface area (Å²) in [7, 11) is -1.22. The number of carboxylic acid groups (broad SMARTS) is 2. The van der Waals surface area contributed by atoms with E-state index in [0.29, 0.717) is 6.54 Å². The maximum Gasteiger partial charge on any atom is 0.490 e. The van der Waals surface area contributed by atoms with Gasteiger partial charge in [-0.25, -0.2) is 9.59 Å². The van der Waals surface area contributed by atoms with Gasteiger partial charge in [-0.15, -0.1) is 0 Å².